The summed E-state index contributed by atoms with van der Waals surface area (Å²) in [4.78, 5) is 2.03. The number of nitrogens with zero attached hydrogens (tertiary/aromatic N) is 2. The number of benzene rings is 1. The highest BCUT2D eigenvalue weighted by Crippen LogP contribution is 2.33. The highest BCUT2D eigenvalue weighted by molar-refractivity contribution is 6.30. The van der Waals surface area contributed by atoms with Gasteiger partial charge in [0.2, 0.25) is 0 Å². The van der Waals surface area contributed by atoms with Crippen molar-refractivity contribution >= 4 is 17.3 Å². The van der Waals surface area contributed by atoms with Crippen LogP contribution in [-0.4, -0.2) is 45.8 Å². The second kappa shape index (κ2) is 6.61. The summed E-state index contributed by atoms with van der Waals surface area (Å²) in [6.45, 7) is 4.70. The predicted octanol–water partition coefficient (Wildman–Crippen LogP) is 2.70. The van der Waals surface area contributed by atoms with Crippen LogP contribution in [0.15, 0.2) is 24.3 Å². The van der Waals surface area contributed by atoms with E-state index in [1.54, 1.807) is 6.92 Å². The smallest absolute Gasteiger partial charge is 0.192 e. The number of aliphatic hydroxyl groups is 1. The van der Waals surface area contributed by atoms with Crippen LogP contribution in [0.3, 0.4) is 0 Å². The van der Waals surface area contributed by atoms with E-state index in [1.165, 1.54) is 11.3 Å². The maximum Gasteiger partial charge on any atom is 0.192 e. The number of aromatic amines is 1. The largest absolute Gasteiger partial charge is 0.381 e. The standard InChI is InChI=1S/C18H23ClN4O2/c1-18(24,20-14-4-2-3-13(19)9-14)23-7-5-16-15(10-23)17(22-21-16)12-6-8-25-11-12/h2-4,9,12,20,24H,5-8,10-11H2,1H3,(H,21,22). The first-order chi connectivity index (χ1) is 12.0. The molecule has 134 valence electrons. The lowest BCUT2D eigenvalue weighted by molar-refractivity contribution is -0.0780. The van der Waals surface area contributed by atoms with E-state index in [0.717, 1.165) is 44.0 Å². The molecule has 1 aromatic carbocycles. The summed E-state index contributed by atoms with van der Waals surface area (Å²) in [6.07, 6.45) is 1.84. The second-order valence-electron chi connectivity index (χ2n) is 6.95. The molecular formula is C18H23ClN4O2. The van der Waals surface area contributed by atoms with Crippen molar-refractivity contribution in [2.75, 3.05) is 25.1 Å². The zero-order valence-electron chi connectivity index (χ0n) is 14.3. The van der Waals surface area contributed by atoms with Gasteiger partial charge in [-0.25, -0.2) is 0 Å². The van der Waals surface area contributed by atoms with Gasteiger partial charge in [0.15, 0.2) is 5.85 Å². The Morgan fingerprint density at radius 2 is 2.36 bits per heavy atom. The lowest BCUT2D eigenvalue weighted by Gasteiger charge is -2.40. The summed E-state index contributed by atoms with van der Waals surface area (Å²) in [7, 11) is 0. The Morgan fingerprint density at radius 1 is 1.48 bits per heavy atom. The molecule has 7 heteroatoms. The molecule has 0 amide bonds. The minimum atomic E-state index is -1.18. The highest BCUT2D eigenvalue weighted by atomic mass is 35.5. The van der Waals surface area contributed by atoms with E-state index in [0.29, 0.717) is 17.5 Å². The molecule has 1 fully saturated rings. The number of hydrogen-bond acceptors (Lipinski definition) is 5. The third-order valence-electron chi connectivity index (χ3n) is 5.10. The number of ether oxygens (including phenoxy) is 1. The molecule has 0 spiro atoms. The van der Waals surface area contributed by atoms with Crippen molar-refractivity contribution < 1.29 is 9.84 Å². The highest BCUT2D eigenvalue weighted by Gasteiger charge is 2.35. The maximum absolute atomic E-state index is 11.0. The monoisotopic (exact) mass is 362 g/mol. The summed E-state index contributed by atoms with van der Waals surface area (Å²) in [5.74, 6) is -0.825. The van der Waals surface area contributed by atoms with Crippen LogP contribution in [0.25, 0.3) is 0 Å². The minimum Gasteiger partial charge on any atom is -0.381 e. The van der Waals surface area contributed by atoms with Gasteiger partial charge >= 0.3 is 0 Å². The van der Waals surface area contributed by atoms with E-state index in [1.807, 2.05) is 29.2 Å². The Balaban J connectivity index is 1.53. The van der Waals surface area contributed by atoms with Crippen molar-refractivity contribution in [1.82, 2.24) is 15.1 Å². The zero-order valence-corrected chi connectivity index (χ0v) is 15.0. The lowest BCUT2D eigenvalue weighted by atomic mass is 9.96. The average molecular weight is 363 g/mol. The van der Waals surface area contributed by atoms with Gasteiger partial charge < -0.3 is 15.2 Å². The first-order valence-electron chi connectivity index (χ1n) is 8.68. The molecule has 4 rings (SSSR count). The summed E-state index contributed by atoms with van der Waals surface area (Å²) in [5.41, 5.74) is 4.27. The van der Waals surface area contributed by atoms with E-state index in [4.69, 9.17) is 16.3 Å². The SMILES string of the molecule is CC(O)(Nc1cccc(Cl)c1)N1CCc2[nH]nc(C3CCOC3)c2C1. The van der Waals surface area contributed by atoms with E-state index in [-0.39, 0.29) is 0 Å². The first-order valence-corrected chi connectivity index (χ1v) is 9.05. The molecule has 6 nitrogen and oxygen atoms in total. The Morgan fingerprint density at radius 3 is 3.12 bits per heavy atom. The molecule has 25 heavy (non-hydrogen) atoms. The van der Waals surface area contributed by atoms with Gasteiger partial charge in [0, 0.05) is 54.0 Å². The maximum atomic E-state index is 11.0. The van der Waals surface area contributed by atoms with Crippen LogP contribution >= 0.6 is 11.6 Å². The number of halogens is 1. The molecule has 2 atom stereocenters. The van der Waals surface area contributed by atoms with Crippen LogP contribution in [-0.2, 0) is 17.7 Å². The van der Waals surface area contributed by atoms with Gasteiger partial charge in [0.1, 0.15) is 0 Å². The quantitative estimate of drug-likeness (QED) is 0.729. The van der Waals surface area contributed by atoms with Crippen LogP contribution < -0.4 is 5.32 Å². The number of hydrogen-bond donors (Lipinski definition) is 3. The average Bonchev–Trinajstić information content (AvgIpc) is 3.23. The molecule has 3 heterocycles. The van der Waals surface area contributed by atoms with E-state index >= 15 is 0 Å². The molecular weight excluding hydrogens is 340 g/mol. The normalized spacial score (nSPS) is 23.2. The molecule has 2 aliphatic heterocycles. The number of H-pyrrole nitrogens is 1. The molecule has 3 N–H and O–H groups in total. The van der Waals surface area contributed by atoms with Crippen LogP contribution in [0, 0.1) is 0 Å². The third-order valence-corrected chi connectivity index (χ3v) is 5.34. The van der Waals surface area contributed by atoms with Gasteiger partial charge in [-0.3, -0.25) is 10.00 Å². The van der Waals surface area contributed by atoms with Crippen molar-refractivity contribution in [3.8, 4) is 0 Å². The van der Waals surface area contributed by atoms with Crippen LogP contribution in [0.4, 0.5) is 5.69 Å². The molecule has 1 aromatic heterocycles. The summed E-state index contributed by atoms with van der Waals surface area (Å²) in [6, 6.07) is 7.39. The third kappa shape index (κ3) is 3.40. The molecule has 0 radical (unpaired) electrons. The van der Waals surface area contributed by atoms with Crippen molar-refractivity contribution in [3.05, 3.63) is 46.2 Å². The molecule has 2 aliphatic rings. The van der Waals surface area contributed by atoms with Gasteiger partial charge in [-0.15, -0.1) is 0 Å². The Bertz CT molecular complexity index is 755. The fourth-order valence-corrected chi connectivity index (χ4v) is 3.89. The molecule has 2 unspecified atom stereocenters. The number of fused-ring (bicyclic) bond motifs is 1. The lowest BCUT2D eigenvalue weighted by Crippen LogP contribution is -2.54. The fourth-order valence-electron chi connectivity index (χ4n) is 3.70. The van der Waals surface area contributed by atoms with E-state index in [9.17, 15) is 5.11 Å². The molecule has 0 saturated carbocycles. The Labute approximate surface area is 152 Å². The fraction of sp³-hybridized carbons (Fsp3) is 0.500. The van der Waals surface area contributed by atoms with Gasteiger partial charge in [0.25, 0.3) is 0 Å². The summed E-state index contributed by atoms with van der Waals surface area (Å²) >= 11 is 6.05. The van der Waals surface area contributed by atoms with Crippen LogP contribution in [0.5, 0.6) is 0 Å². The molecule has 1 saturated heterocycles. The summed E-state index contributed by atoms with van der Waals surface area (Å²) < 4.78 is 5.51. The van der Waals surface area contributed by atoms with Crippen LogP contribution in [0.2, 0.25) is 5.02 Å². The van der Waals surface area contributed by atoms with Crippen LogP contribution in [0.1, 0.15) is 36.2 Å². The van der Waals surface area contributed by atoms with Gasteiger partial charge in [0.05, 0.1) is 12.3 Å². The number of rotatable bonds is 4. The van der Waals surface area contributed by atoms with Crippen molar-refractivity contribution in [3.63, 3.8) is 0 Å². The first kappa shape index (κ1) is 16.8. The minimum absolute atomic E-state index is 0.353. The number of anilines is 1. The molecule has 2 aromatic rings. The second-order valence-corrected chi connectivity index (χ2v) is 7.39. The number of aromatic nitrogens is 2. The predicted molar refractivity (Wildman–Crippen MR) is 96.6 cm³/mol. The van der Waals surface area contributed by atoms with Gasteiger partial charge in [-0.2, -0.15) is 5.10 Å². The number of nitrogens with one attached hydrogen (secondary N) is 2. The van der Waals surface area contributed by atoms with Gasteiger partial charge in [-0.1, -0.05) is 17.7 Å². The molecule has 0 bridgehead atoms. The Hall–Kier alpha value is -1.60. The van der Waals surface area contributed by atoms with Crippen molar-refractivity contribution in [2.45, 2.75) is 38.1 Å². The summed E-state index contributed by atoms with van der Waals surface area (Å²) in [5, 5.41) is 22.6. The topological polar surface area (TPSA) is 73.4 Å². The van der Waals surface area contributed by atoms with E-state index in [2.05, 4.69) is 15.5 Å². The van der Waals surface area contributed by atoms with E-state index < -0.39 is 5.85 Å². The Kier molecular flexibility index (Phi) is 4.45. The van der Waals surface area contributed by atoms with Crippen molar-refractivity contribution in [2.24, 2.45) is 0 Å². The zero-order chi connectivity index (χ0) is 17.4. The van der Waals surface area contributed by atoms with Crippen molar-refractivity contribution in [1.29, 1.82) is 0 Å². The van der Waals surface area contributed by atoms with Gasteiger partial charge in [-0.05, 0) is 31.5 Å². The molecule has 0 aliphatic carbocycles.